The van der Waals surface area contributed by atoms with Gasteiger partial charge in [-0.2, -0.15) is 5.10 Å². The predicted octanol–water partition coefficient (Wildman–Crippen LogP) is 3.02. The fourth-order valence-corrected chi connectivity index (χ4v) is 3.96. The highest BCUT2D eigenvalue weighted by molar-refractivity contribution is 6.14. The van der Waals surface area contributed by atoms with Crippen LogP contribution in [0.2, 0.25) is 0 Å². The first-order chi connectivity index (χ1) is 14.2. The minimum absolute atomic E-state index is 0.00878. The minimum Gasteiger partial charge on any atom is -0.488 e. The van der Waals surface area contributed by atoms with Crippen molar-refractivity contribution >= 4 is 11.5 Å². The first kappa shape index (κ1) is 16.7. The van der Waals surface area contributed by atoms with Crippen molar-refractivity contribution in [1.29, 1.82) is 0 Å². The number of fused-ring (bicyclic) bond motifs is 1. The maximum atomic E-state index is 6.15. The molecule has 0 spiro atoms. The average molecular weight is 386 g/mol. The van der Waals surface area contributed by atoms with Crippen LogP contribution in [0.25, 0.3) is 0 Å². The summed E-state index contributed by atoms with van der Waals surface area (Å²) in [6.45, 7) is 4.65. The van der Waals surface area contributed by atoms with Crippen LogP contribution in [0, 0.1) is 0 Å². The van der Waals surface area contributed by atoms with Crippen LogP contribution in [0.15, 0.2) is 54.0 Å². The van der Waals surface area contributed by atoms with E-state index in [4.69, 9.17) is 9.73 Å². The second-order valence-corrected chi connectivity index (χ2v) is 8.34. The lowest BCUT2D eigenvalue weighted by Gasteiger charge is -2.40. The molecule has 2 aliphatic heterocycles. The highest BCUT2D eigenvalue weighted by atomic mass is 16.5. The standard InChI is InChI=1S/C22H22N6O/c1-22(5-6-22)29-17-4-3-15-11-23-21(18(15)9-17)19-10-20(25-14-24-19)27-12-16(13-27)28-8-2-7-26-28/h2-4,7-10,14,16H,5-6,11-13H2,1H3. The molecule has 146 valence electrons. The molecule has 2 fully saturated rings. The summed E-state index contributed by atoms with van der Waals surface area (Å²) in [6.07, 6.45) is 7.71. The number of hydrogen-bond acceptors (Lipinski definition) is 6. The van der Waals surface area contributed by atoms with Gasteiger partial charge in [0.15, 0.2) is 0 Å². The summed E-state index contributed by atoms with van der Waals surface area (Å²) in [5.74, 6) is 1.85. The van der Waals surface area contributed by atoms with E-state index in [1.165, 1.54) is 5.56 Å². The van der Waals surface area contributed by atoms with E-state index in [2.05, 4.69) is 45.1 Å². The van der Waals surface area contributed by atoms with Gasteiger partial charge in [-0.3, -0.25) is 9.67 Å². The Morgan fingerprint density at radius 2 is 2.03 bits per heavy atom. The van der Waals surface area contributed by atoms with Gasteiger partial charge in [0.1, 0.15) is 23.5 Å². The molecular formula is C22H22N6O. The summed E-state index contributed by atoms with van der Waals surface area (Å²) in [5.41, 5.74) is 4.14. The number of aromatic nitrogens is 4. The number of ether oxygens (including phenoxy) is 1. The van der Waals surface area contributed by atoms with Crippen LogP contribution in [0.5, 0.6) is 5.75 Å². The molecule has 2 aromatic heterocycles. The van der Waals surface area contributed by atoms with Crippen LogP contribution < -0.4 is 9.64 Å². The monoisotopic (exact) mass is 386 g/mol. The Kier molecular flexibility index (Phi) is 3.54. The maximum absolute atomic E-state index is 6.15. The SMILES string of the molecule is CC1(Oc2ccc3c(c2)C(c2cc(N4CC(n5cccn5)C4)ncn2)=NC3)CC1. The first-order valence-electron chi connectivity index (χ1n) is 10.1. The Labute approximate surface area is 169 Å². The number of anilines is 1. The maximum Gasteiger partial charge on any atom is 0.132 e. The molecule has 7 nitrogen and oxygen atoms in total. The number of nitrogens with zero attached hydrogens (tertiary/aromatic N) is 6. The lowest BCUT2D eigenvalue weighted by Crippen LogP contribution is -2.48. The van der Waals surface area contributed by atoms with Gasteiger partial charge < -0.3 is 9.64 Å². The fourth-order valence-electron chi connectivity index (χ4n) is 3.96. The van der Waals surface area contributed by atoms with Gasteiger partial charge in [-0.05, 0) is 43.5 Å². The lowest BCUT2D eigenvalue weighted by molar-refractivity contribution is 0.200. The normalized spacial score (nSPS) is 19.5. The Hall–Kier alpha value is -3.22. The van der Waals surface area contributed by atoms with Crippen molar-refractivity contribution in [3.8, 4) is 5.75 Å². The number of rotatable bonds is 5. The van der Waals surface area contributed by atoms with Crippen LogP contribution in [-0.2, 0) is 6.54 Å². The topological polar surface area (TPSA) is 68.4 Å². The lowest BCUT2D eigenvalue weighted by atomic mass is 10.0. The van der Waals surface area contributed by atoms with Crippen LogP contribution in [-0.4, -0.2) is 44.2 Å². The molecule has 29 heavy (non-hydrogen) atoms. The van der Waals surface area contributed by atoms with Gasteiger partial charge in [-0.1, -0.05) is 6.07 Å². The van der Waals surface area contributed by atoms with Crippen molar-refractivity contribution in [3.05, 3.63) is 65.9 Å². The second kappa shape index (κ2) is 6.14. The molecule has 0 radical (unpaired) electrons. The van der Waals surface area contributed by atoms with Crippen molar-refractivity contribution < 1.29 is 4.74 Å². The van der Waals surface area contributed by atoms with E-state index in [0.29, 0.717) is 12.6 Å². The molecule has 0 N–H and O–H groups in total. The average Bonchev–Trinajstić information content (AvgIpc) is 3.10. The predicted molar refractivity (Wildman–Crippen MR) is 110 cm³/mol. The third kappa shape index (κ3) is 2.97. The van der Waals surface area contributed by atoms with Crippen LogP contribution >= 0.6 is 0 Å². The van der Waals surface area contributed by atoms with Crippen molar-refractivity contribution in [2.24, 2.45) is 4.99 Å². The summed E-state index contributed by atoms with van der Waals surface area (Å²) < 4.78 is 8.17. The Balaban J connectivity index is 1.23. The van der Waals surface area contributed by atoms with E-state index in [1.54, 1.807) is 6.33 Å². The van der Waals surface area contributed by atoms with Crippen LogP contribution in [0.1, 0.15) is 42.6 Å². The molecule has 1 saturated carbocycles. The molecule has 0 bridgehead atoms. The number of benzene rings is 1. The second-order valence-electron chi connectivity index (χ2n) is 8.34. The van der Waals surface area contributed by atoms with E-state index >= 15 is 0 Å². The highest BCUT2D eigenvalue weighted by Crippen LogP contribution is 2.40. The van der Waals surface area contributed by atoms with Gasteiger partial charge in [0.2, 0.25) is 0 Å². The van der Waals surface area contributed by atoms with Crippen molar-refractivity contribution in [2.75, 3.05) is 18.0 Å². The first-order valence-corrected chi connectivity index (χ1v) is 10.1. The Morgan fingerprint density at radius 1 is 1.14 bits per heavy atom. The minimum atomic E-state index is 0.00878. The van der Waals surface area contributed by atoms with Gasteiger partial charge in [-0.15, -0.1) is 0 Å². The van der Waals surface area contributed by atoms with E-state index in [9.17, 15) is 0 Å². The zero-order chi connectivity index (χ0) is 19.4. The number of hydrogen-bond donors (Lipinski definition) is 0. The molecule has 3 aromatic rings. The summed E-state index contributed by atoms with van der Waals surface area (Å²) in [5, 5.41) is 4.34. The van der Waals surface area contributed by atoms with E-state index in [-0.39, 0.29) is 5.60 Å². The third-order valence-electron chi connectivity index (χ3n) is 6.04. The number of aliphatic imine (C=N–C) groups is 1. The van der Waals surface area contributed by atoms with Crippen molar-refractivity contribution in [2.45, 2.75) is 38.0 Å². The molecule has 6 rings (SSSR count). The molecule has 1 aliphatic carbocycles. The van der Waals surface area contributed by atoms with Gasteiger partial charge in [-0.25, -0.2) is 9.97 Å². The smallest absolute Gasteiger partial charge is 0.132 e. The van der Waals surface area contributed by atoms with Gasteiger partial charge in [0.05, 0.1) is 24.0 Å². The summed E-state index contributed by atoms with van der Waals surface area (Å²) in [4.78, 5) is 16.0. The molecule has 7 heteroatoms. The van der Waals surface area contributed by atoms with E-state index in [1.807, 2.05) is 29.2 Å². The zero-order valence-electron chi connectivity index (χ0n) is 16.3. The van der Waals surface area contributed by atoms with Gasteiger partial charge >= 0.3 is 0 Å². The van der Waals surface area contributed by atoms with Crippen molar-refractivity contribution in [3.63, 3.8) is 0 Å². The molecule has 1 aromatic carbocycles. The summed E-state index contributed by atoms with van der Waals surface area (Å²) >= 11 is 0. The van der Waals surface area contributed by atoms with Crippen molar-refractivity contribution in [1.82, 2.24) is 19.7 Å². The summed E-state index contributed by atoms with van der Waals surface area (Å²) in [6, 6.07) is 10.7. The Morgan fingerprint density at radius 3 is 2.83 bits per heavy atom. The molecule has 1 saturated heterocycles. The van der Waals surface area contributed by atoms with Crippen LogP contribution in [0.4, 0.5) is 5.82 Å². The zero-order valence-corrected chi connectivity index (χ0v) is 16.3. The van der Waals surface area contributed by atoms with Crippen LogP contribution in [0.3, 0.4) is 0 Å². The van der Waals surface area contributed by atoms with E-state index < -0.39 is 0 Å². The molecule has 3 aliphatic rings. The molecule has 4 heterocycles. The fraction of sp³-hybridized carbons (Fsp3) is 0.364. The largest absolute Gasteiger partial charge is 0.488 e. The van der Waals surface area contributed by atoms with Gasteiger partial charge in [0, 0.05) is 37.1 Å². The molecular weight excluding hydrogens is 364 g/mol. The summed E-state index contributed by atoms with van der Waals surface area (Å²) in [7, 11) is 0. The Bertz CT molecular complexity index is 1100. The molecule has 0 amide bonds. The molecule has 0 atom stereocenters. The van der Waals surface area contributed by atoms with E-state index in [0.717, 1.165) is 54.5 Å². The van der Waals surface area contributed by atoms with Gasteiger partial charge in [0.25, 0.3) is 0 Å². The third-order valence-corrected chi connectivity index (χ3v) is 6.04. The highest BCUT2D eigenvalue weighted by Gasteiger charge is 2.40. The quantitative estimate of drug-likeness (QED) is 0.674. The molecule has 0 unspecified atom stereocenters.